The molecule has 1 aromatic carbocycles. The summed E-state index contributed by atoms with van der Waals surface area (Å²) in [5, 5.41) is 0.390. The van der Waals surface area contributed by atoms with Crippen LogP contribution in [0, 0.1) is 0 Å². The Kier molecular flexibility index (Phi) is 2.03. The molecule has 2 aromatic rings. The largest absolute Gasteiger partial charge is 0.422 e. The van der Waals surface area contributed by atoms with Crippen LogP contribution >= 0.6 is 15.9 Å². The van der Waals surface area contributed by atoms with E-state index in [1.54, 1.807) is 18.2 Å². The normalized spacial score (nSPS) is 10.7. The fourth-order valence-corrected chi connectivity index (χ4v) is 1.55. The van der Waals surface area contributed by atoms with E-state index in [2.05, 4.69) is 15.9 Å². The molecule has 1 heterocycles. The lowest BCUT2D eigenvalue weighted by molar-refractivity contribution is 0.485. The summed E-state index contributed by atoms with van der Waals surface area (Å²) in [7, 11) is 1.38. The molecule has 0 atom stereocenters. The van der Waals surface area contributed by atoms with E-state index in [-0.39, 0.29) is 5.56 Å². The van der Waals surface area contributed by atoms with E-state index >= 15 is 0 Å². The third kappa shape index (κ3) is 1.29. The average Bonchev–Trinajstić information content (AvgIpc) is 2.16. The predicted molar refractivity (Wildman–Crippen MR) is 55.4 cm³/mol. The zero-order valence-corrected chi connectivity index (χ0v) is 8.87. The van der Waals surface area contributed by atoms with Crippen LogP contribution < -0.4 is 11.3 Å². The summed E-state index contributed by atoms with van der Waals surface area (Å²) >= 11 is 3.24. The number of fused-ring (bicyclic) bond motifs is 1. The molecule has 0 unspecified atom stereocenters. The summed E-state index contributed by atoms with van der Waals surface area (Å²) in [6, 6.07) is 4.92. The van der Waals surface area contributed by atoms with Crippen LogP contribution in [-0.4, -0.2) is 4.57 Å². The first kappa shape index (κ1) is 9.21. The molecular formula is C9H6BrNO3. The second-order valence-electron chi connectivity index (χ2n) is 2.87. The third-order valence-electron chi connectivity index (χ3n) is 1.95. The summed E-state index contributed by atoms with van der Waals surface area (Å²) in [6.07, 6.45) is 0. The maximum atomic E-state index is 11.6. The van der Waals surface area contributed by atoms with Crippen molar-refractivity contribution in [3.8, 4) is 0 Å². The number of halogens is 1. The molecule has 1 aromatic heterocycles. The lowest BCUT2D eigenvalue weighted by Gasteiger charge is -1.98. The Morgan fingerprint density at radius 1 is 1.36 bits per heavy atom. The van der Waals surface area contributed by atoms with Crippen molar-refractivity contribution in [2.24, 2.45) is 7.05 Å². The van der Waals surface area contributed by atoms with Crippen LogP contribution in [-0.2, 0) is 7.05 Å². The van der Waals surface area contributed by atoms with Crippen molar-refractivity contribution >= 4 is 26.9 Å². The Morgan fingerprint density at radius 2 is 2.07 bits per heavy atom. The van der Waals surface area contributed by atoms with Gasteiger partial charge in [-0.1, -0.05) is 15.9 Å². The minimum atomic E-state index is -0.648. The Labute approximate surface area is 86.9 Å². The lowest BCUT2D eigenvalue weighted by atomic mass is 10.2. The van der Waals surface area contributed by atoms with Gasteiger partial charge in [0.15, 0.2) is 0 Å². The van der Waals surface area contributed by atoms with E-state index in [1.807, 2.05) is 0 Å². The standard InChI is InChI=1S/C9H6BrNO3/c1-11-8(12)6-4-5(10)2-3-7(6)14-9(11)13/h2-4H,1H3. The van der Waals surface area contributed by atoms with Gasteiger partial charge in [-0.05, 0) is 18.2 Å². The molecule has 72 valence electrons. The fraction of sp³-hybridized carbons (Fsp3) is 0.111. The molecule has 14 heavy (non-hydrogen) atoms. The highest BCUT2D eigenvalue weighted by atomic mass is 79.9. The van der Waals surface area contributed by atoms with Crippen LogP contribution in [0.15, 0.2) is 36.7 Å². The van der Waals surface area contributed by atoms with Gasteiger partial charge in [-0.15, -0.1) is 0 Å². The maximum Gasteiger partial charge on any atom is 0.422 e. The smallest absolute Gasteiger partial charge is 0.409 e. The van der Waals surface area contributed by atoms with Crippen LogP contribution in [0.2, 0.25) is 0 Å². The highest BCUT2D eigenvalue weighted by Crippen LogP contribution is 2.15. The van der Waals surface area contributed by atoms with Crippen molar-refractivity contribution in [3.63, 3.8) is 0 Å². The summed E-state index contributed by atoms with van der Waals surface area (Å²) < 4.78 is 6.63. The van der Waals surface area contributed by atoms with Gasteiger partial charge in [0, 0.05) is 11.5 Å². The Morgan fingerprint density at radius 3 is 2.79 bits per heavy atom. The highest BCUT2D eigenvalue weighted by molar-refractivity contribution is 9.10. The van der Waals surface area contributed by atoms with Crippen LogP contribution in [0.3, 0.4) is 0 Å². The van der Waals surface area contributed by atoms with Crippen molar-refractivity contribution < 1.29 is 4.42 Å². The molecule has 2 rings (SSSR count). The molecule has 0 radical (unpaired) electrons. The summed E-state index contributed by atoms with van der Waals surface area (Å²) in [5.41, 5.74) is -0.0427. The molecule has 0 aliphatic rings. The lowest BCUT2D eigenvalue weighted by Crippen LogP contribution is -2.29. The van der Waals surface area contributed by atoms with Crippen LogP contribution in [0.4, 0.5) is 0 Å². The number of aromatic nitrogens is 1. The van der Waals surface area contributed by atoms with Crippen molar-refractivity contribution in [3.05, 3.63) is 43.6 Å². The van der Waals surface area contributed by atoms with E-state index in [4.69, 9.17) is 4.42 Å². The number of hydrogen-bond donors (Lipinski definition) is 0. The van der Waals surface area contributed by atoms with Crippen LogP contribution in [0.5, 0.6) is 0 Å². The third-order valence-corrected chi connectivity index (χ3v) is 2.44. The second-order valence-corrected chi connectivity index (χ2v) is 3.79. The van der Waals surface area contributed by atoms with Gasteiger partial charge in [0.2, 0.25) is 0 Å². The molecule has 0 N–H and O–H groups in total. The van der Waals surface area contributed by atoms with Gasteiger partial charge in [0.05, 0.1) is 5.39 Å². The van der Waals surface area contributed by atoms with E-state index in [9.17, 15) is 9.59 Å². The first-order valence-corrected chi connectivity index (χ1v) is 4.68. The molecule has 0 fully saturated rings. The van der Waals surface area contributed by atoms with Gasteiger partial charge < -0.3 is 4.42 Å². The van der Waals surface area contributed by atoms with Gasteiger partial charge in [-0.3, -0.25) is 4.79 Å². The van der Waals surface area contributed by atoms with Gasteiger partial charge in [-0.25, -0.2) is 9.36 Å². The van der Waals surface area contributed by atoms with E-state index in [1.165, 1.54) is 7.05 Å². The van der Waals surface area contributed by atoms with Crippen molar-refractivity contribution in [1.82, 2.24) is 4.57 Å². The van der Waals surface area contributed by atoms with E-state index in [0.717, 1.165) is 9.04 Å². The minimum absolute atomic E-state index is 0.307. The summed E-state index contributed by atoms with van der Waals surface area (Å²) in [6.45, 7) is 0. The molecule has 0 aliphatic heterocycles. The van der Waals surface area contributed by atoms with Gasteiger partial charge in [-0.2, -0.15) is 0 Å². The monoisotopic (exact) mass is 255 g/mol. The Hall–Kier alpha value is -1.36. The molecule has 0 aliphatic carbocycles. The SMILES string of the molecule is Cn1c(=O)oc2ccc(Br)cc2c1=O. The Balaban J connectivity index is 3.07. The number of benzene rings is 1. The number of nitrogens with zero attached hydrogens (tertiary/aromatic N) is 1. The number of rotatable bonds is 0. The first-order chi connectivity index (χ1) is 6.59. The molecule has 5 heteroatoms. The molecule has 0 saturated carbocycles. The average molecular weight is 256 g/mol. The molecule has 0 bridgehead atoms. The molecule has 0 amide bonds. The van der Waals surface area contributed by atoms with Crippen molar-refractivity contribution in [2.75, 3.05) is 0 Å². The molecule has 0 spiro atoms. The highest BCUT2D eigenvalue weighted by Gasteiger charge is 2.06. The number of hydrogen-bond acceptors (Lipinski definition) is 3. The molecule has 0 saturated heterocycles. The maximum absolute atomic E-state index is 11.6. The van der Waals surface area contributed by atoms with E-state index in [0.29, 0.717) is 11.0 Å². The molecule has 4 nitrogen and oxygen atoms in total. The van der Waals surface area contributed by atoms with E-state index < -0.39 is 5.76 Å². The zero-order valence-electron chi connectivity index (χ0n) is 7.28. The summed E-state index contributed by atoms with van der Waals surface area (Å²) in [4.78, 5) is 22.7. The fourth-order valence-electron chi connectivity index (χ4n) is 1.18. The quantitative estimate of drug-likeness (QED) is 0.712. The van der Waals surface area contributed by atoms with Gasteiger partial charge in [0.1, 0.15) is 5.58 Å². The van der Waals surface area contributed by atoms with Crippen molar-refractivity contribution in [1.29, 1.82) is 0 Å². The van der Waals surface area contributed by atoms with Gasteiger partial charge in [0.25, 0.3) is 5.56 Å². The Bertz CT molecular complexity index is 611. The van der Waals surface area contributed by atoms with Crippen LogP contribution in [0.25, 0.3) is 11.0 Å². The van der Waals surface area contributed by atoms with Gasteiger partial charge >= 0.3 is 5.76 Å². The summed E-state index contributed by atoms with van der Waals surface area (Å²) in [5.74, 6) is -0.648. The molecular weight excluding hydrogens is 250 g/mol. The zero-order chi connectivity index (χ0) is 10.3. The predicted octanol–water partition coefficient (Wildman–Crippen LogP) is 1.25. The van der Waals surface area contributed by atoms with Crippen molar-refractivity contribution in [2.45, 2.75) is 0 Å². The second kappa shape index (κ2) is 3.09. The topological polar surface area (TPSA) is 52.2 Å². The van der Waals surface area contributed by atoms with Crippen LogP contribution in [0.1, 0.15) is 0 Å². The minimum Gasteiger partial charge on any atom is -0.409 e. The first-order valence-electron chi connectivity index (χ1n) is 3.89.